The van der Waals surface area contributed by atoms with Crippen molar-refractivity contribution in [3.05, 3.63) is 65.2 Å². The predicted molar refractivity (Wildman–Crippen MR) is 90.0 cm³/mol. The molecule has 2 aromatic rings. The number of hydrogen-bond acceptors (Lipinski definition) is 2. The first-order valence-corrected chi connectivity index (χ1v) is 7.61. The Balaban J connectivity index is 1.92. The van der Waals surface area contributed by atoms with Crippen LogP contribution in [0.4, 0.5) is 5.69 Å². The normalized spacial score (nSPS) is 10.5. The Kier molecular flexibility index (Phi) is 5.73. The maximum absolute atomic E-state index is 12.3. The zero-order valence-electron chi connectivity index (χ0n) is 13.5. The average molecular weight is 297 g/mol. The molecule has 0 radical (unpaired) electrons. The molecule has 22 heavy (non-hydrogen) atoms. The topological polar surface area (TPSA) is 29.5 Å². The maximum Gasteiger partial charge on any atom is 0.252 e. The van der Waals surface area contributed by atoms with E-state index in [1.54, 1.807) is 4.90 Å². The van der Waals surface area contributed by atoms with Crippen molar-refractivity contribution in [1.29, 1.82) is 0 Å². The number of benzene rings is 2. The first kappa shape index (κ1) is 16.2. The molecule has 0 N–H and O–H groups in total. The van der Waals surface area contributed by atoms with Gasteiger partial charge in [0.15, 0.2) is 0 Å². The van der Waals surface area contributed by atoms with E-state index in [1.165, 1.54) is 11.1 Å². The highest BCUT2D eigenvalue weighted by Crippen LogP contribution is 2.14. The average Bonchev–Trinajstić information content (AvgIpc) is 2.51. The summed E-state index contributed by atoms with van der Waals surface area (Å²) in [7, 11) is 0. The second-order valence-corrected chi connectivity index (χ2v) is 5.40. The van der Waals surface area contributed by atoms with Gasteiger partial charge in [0, 0.05) is 12.2 Å². The van der Waals surface area contributed by atoms with E-state index in [0.717, 1.165) is 11.3 Å². The molecule has 2 aromatic carbocycles. The van der Waals surface area contributed by atoms with Gasteiger partial charge in [-0.25, -0.2) is 0 Å². The minimum atomic E-state index is -0.0153. The molecule has 0 unspecified atom stereocenters. The highest BCUT2D eigenvalue weighted by atomic mass is 16.5. The summed E-state index contributed by atoms with van der Waals surface area (Å²) >= 11 is 0. The Hall–Kier alpha value is -2.13. The third-order valence-electron chi connectivity index (χ3n) is 3.67. The third kappa shape index (κ3) is 4.18. The second kappa shape index (κ2) is 7.76. The van der Waals surface area contributed by atoms with Crippen LogP contribution in [0.15, 0.2) is 48.5 Å². The molecule has 1 amide bonds. The van der Waals surface area contributed by atoms with Gasteiger partial charge < -0.3 is 9.64 Å². The van der Waals surface area contributed by atoms with Crippen LogP contribution in [-0.4, -0.2) is 19.1 Å². The molecule has 0 aliphatic carbocycles. The molecule has 0 heterocycles. The smallest absolute Gasteiger partial charge is 0.252 e. The summed E-state index contributed by atoms with van der Waals surface area (Å²) in [6.07, 6.45) is 0. The van der Waals surface area contributed by atoms with Gasteiger partial charge in [-0.1, -0.05) is 42.0 Å². The van der Waals surface area contributed by atoms with Crippen LogP contribution in [0.5, 0.6) is 0 Å². The highest BCUT2D eigenvalue weighted by Gasteiger charge is 2.13. The van der Waals surface area contributed by atoms with Crippen LogP contribution in [0.25, 0.3) is 0 Å². The van der Waals surface area contributed by atoms with Gasteiger partial charge in [-0.2, -0.15) is 0 Å². The number of nitrogens with zero attached hydrogens (tertiary/aromatic N) is 1. The van der Waals surface area contributed by atoms with Crippen molar-refractivity contribution in [2.24, 2.45) is 0 Å². The van der Waals surface area contributed by atoms with Crippen LogP contribution in [0, 0.1) is 13.8 Å². The molecule has 0 spiro atoms. The lowest BCUT2D eigenvalue weighted by molar-refractivity contribution is -0.123. The van der Waals surface area contributed by atoms with E-state index < -0.39 is 0 Å². The van der Waals surface area contributed by atoms with Crippen molar-refractivity contribution >= 4 is 11.6 Å². The van der Waals surface area contributed by atoms with Crippen LogP contribution >= 0.6 is 0 Å². The van der Waals surface area contributed by atoms with Gasteiger partial charge in [0.25, 0.3) is 5.91 Å². The number of carbonyl (C=O) groups is 1. The summed E-state index contributed by atoms with van der Waals surface area (Å²) in [5.74, 6) is -0.0153. The van der Waals surface area contributed by atoms with Crippen LogP contribution in [-0.2, 0) is 16.1 Å². The van der Waals surface area contributed by atoms with E-state index in [9.17, 15) is 4.79 Å². The maximum atomic E-state index is 12.3. The molecule has 0 fully saturated rings. The zero-order chi connectivity index (χ0) is 15.9. The largest absolute Gasteiger partial charge is 0.367 e. The summed E-state index contributed by atoms with van der Waals surface area (Å²) in [5, 5.41) is 0. The van der Waals surface area contributed by atoms with Crippen LogP contribution in [0.1, 0.15) is 23.6 Å². The molecular weight excluding hydrogens is 274 g/mol. The number of carbonyl (C=O) groups excluding carboxylic acids is 1. The Morgan fingerprint density at radius 1 is 1.09 bits per heavy atom. The first-order chi connectivity index (χ1) is 10.6. The highest BCUT2D eigenvalue weighted by molar-refractivity contribution is 5.94. The summed E-state index contributed by atoms with van der Waals surface area (Å²) in [6.45, 7) is 7.29. The standard InChI is InChI=1S/C19H23NO2/c1-4-20(18-8-6-5-7-9-18)19(21)14-22-13-17-11-10-15(2)12-16(17)3/h5-12H,4,13-14H2,1-3H3. The van der Waals surface area contributed by atoms with Crippen molar-refractivity contribution in [2.75, 3.05) is 18.1 Å². The summed E-state index contributed by atoms with van der Waals surface area (Å²) in [4.78, 5) is 14.0. The molecule has 2 rings (SSSR count). The Morgan fingerprint density at radius 3 is 2.45 bits per heavy atom. The number of para-hydroxylation sites is 1. The Morgan fingerprint density at radius 2 is 1.82 bits per heavy atom. The molecule has 0 bridgehead atoms. The molecule has 3 nitrogen and oxygen atoms in total. The van der Waals surface area contributed by atoms with Gasteiger partial charge in [0.05, 0.1) is 6.61 Å². The number of aryl methyl sites for hydroxylation is 2. The Labute approximate surface area is 132 Å². The quantitative estimate of drug-likeness (QED) is 0.810. The van der Waals surface area contributed by atoms with E-state index in [1.807, 2.05) is 37.3 Å². The van der Waals surface area contributed by atoms with Gasteiger partial charge in [0.1, 0.15) is 6.61 Å². The molecular formula is C19H23NO2. The van der Waals surface area contributed by atoms with E-state index >= 15 is 0 Å². The lowest BCUT2D eigenvalue weighted by atomic mass is 10.1. The number of anilines is 1. The van der Waals surface area contributed by atoms with E-state index in [4.69, 9.17) is 4.74 Å². The minimum Gasteiger partial charge on any atom is -0.367 e. The molecule has 0 aromatic heterocycles. The van der Waals surface area contributed by atoms with Crippen molar-refractivity contribution in [2.45, 2.75) is 27.4 Å². The van der Waals surface area contributed by atoms with Gasteiger partial charge in [0.2, 0.25) is 0 Å². The monoisotopic (exact) mass is 297 g/mol. The second-order valence-electron chi connectivity index (χ2n) is 5.40. The summed E-state index contributed by atoms with van der Waals surface area (Å²) in [5.41, 5.74) is 4.47. The number of ether oxygens (including phenoxy) is 1. The van der Waals surface area contributed by atoms with Crippen LogP contribution < -0.4 is 4.90 Å². The van der Waals surface area contributed by atoms with Gasteiger partial charge in [-0.15, -0.1) is 0 Å². The van der Waals surface area contributed by atoms with E-state index in [0.29, 0.717) is 13.2 Å². The number of amides is 1. The minimum absolute atomic E-state index is 0.0153. The van der Waals surface area contributed by atoms with Gasteiger partial charge >= 0.3 is 0 Å². The van der Waals surface area contributed by atoms with E-state index in [2.05, 4.69) is 32.0 Å². The molecule has 0 aliphatic heterocycles. The van der Waals surface area contributed by atoms with Crippen molar-refractivity contribution in [3.8, 4) is 0 Å². The molecule has 0 aliphatic rings. The number of hydrogen-bond donors (Lipinski definition) is 0. The summed E-state index contributed by atoms with van der Waals surface area (Å²) < 4.78 is 5.62. The van der Waals surface area contributed by atoms with Gasteiger partial charge in [-0.3, -0.25) is 4.79 Å². The predicted octanol–water partition coefficient (Wildman–Crippen LogP) is 3.87. The number of rotatable bonds is 6. The zero-order valence-corrected chi connectivity index (χ0v) is 13.5. The van der Waals surface area contributed by atoms with Crippen molar-refractivity contribution in [1.82, 2.24) is 0 Å². The third-order valence-corrected chi connectivity index (χ3v) is 3.67. The van der Waals surface area contributed by atoms with Gasteiger partial charge in [-0.05, 0) is 44.0 Å². The SMILES string of the molecule is CCN(C(=O)COCc1ccc(C)cc1C)c1ccccc1. The van der Waals surface area contributed by atoms with Crippen LogP contribution in [0.2, 0.25) is 0 Å². The molecule has 0 atom stereocenters. The lowest BCUT2D eigenvalue weighted by Crippen LogP contribution is -2.33. The number of likely N-dealkylation sites (N-methyl/N-ethyl adjacent to an activating group) is 1. The van der Waals surface area contributed by atoms with Crippen molar-refractivity contribution in [3.63, 3.8) is 0 Å². The molecule has 0 saturated heterocycles. The fourth-order valence-electron chi connectivity index (χ4n) is 2.44. The molecule has 0 saturated carbocycles. The lowest BCUT2D eigenvalue weighted by Gasteiger charge is -2.21. The molecule has 3 heteroatoms. The fourth-order valence-corrected chi connectivity index (χ4v) is 2.44. The first-order valence-electron chi connectivity index (χ1n) is 7.61. The fraction of sp³-hybridized carbons (Fsp3) is 0.316. The summed E-state index contributed by atoms with van der Waals surface area (Å²) in [6, 6.07) is 15.9. The van der Waals surface area contributed by atoms with Crippen molar-refractivity contribution < 1.29 is 9.53 Å². The Bertz CT molecular complexity index is 623. The molecule has 116 valence electrons. The van der Waals surface area contributed by atoms with E-state index in [-0.39, 0.29) is 12.5 Å². The van der Waals surface area contributed by atoms with Crippen LogP contribution in [0.3, 0.4) is 0 Å².